The summed E-state index contributed by atoms with van der Waals surface area (Å²) in [5, 5.41) is 36.6. The van der Waals surface area contributed by atoms with Crippen molar-refractivity contribution in [2.75, 3.05) is 26.2 Å². The Morgan fingerprint density at radius 2 is 1.46 bits per heavy atom. The van der Waals surface area contributed by atoms with Gasteiger partial charge in [0.15, 0.2) is 5.60 Å². The number of aryl methyl sites for hydroxylation is 1. The number of nitrogens with one attached hydrogen (secondary N) is 6. The van der Waals surface area contributed by atoms with Crippen LogP contribution in [0.15, 0.2) is 95.8 Å². The van der Waals surface area contributed by atoms with Crippen molar-refractivity contribution in [1.82, 2.24) is 41.5 Å². The predicted molar refractivity (Wildman–Crippen MR) is 284 cm³/mol. The first kappa shape index (κ1) is 54.1. The fourth-order valence-electron chi connectivity index (χ4n) is 11.2. The summed E-state index contributed by atoms with van der Waals surface area (Å²) in [4.78, 5) is 123. The fourth-order valence-corrected chi connectivity index (χ4v) is 11.2. The van der Waals surface area contributed by atoms with Crippen molar-refractivity contribution in [2.45, 2.75) is 88.7 Å². The lowest BCUT2D eigenvalue weighted by Gasteiger charge is -2.31. The number of hydrogen-bond donors (Lipinski definition) is 8. The number of aromatic nitrogens is 2. The van der Waals surface area contributed by atoms with Crippen LogP contribution in [0.25, 0.3) is 33.4 Å². The third-order valence-corrected chi connectivity index (χ3v) is 15.3. The van der Waals surface area contributed by atoms with Gasteiger partial charge in [0.2, 0.25) is 29.5 Å². The van der Waals surface area contributed by atoms with Crippen LogP contribution in [-0.4, -0.2) is 106 Å². The number of carboxylic acid groups (broad SMARTS) is 1. The average Bonchev–Trinajstić information content (AvgIpc) is 4.00. The second-order valence-electron chi connectivity index (χ2n) is 20.1. The number of carbonyl (C=O) groups is 8. The monoisotopic (exact) mass is 1090 g/mol. The molecule has 80 heavy (non-hydrogen) atoms. The zero-order valence-electron chi connectivity index (χ0n) is 43.4. The van der Waals surface area contributed by atoms with E-state index in [1.165, 1.54) is 10.6 Å². The third kappa shape index (κ3) is 10.4. The molecule has 8 N–H and O–H groups in total. The fraction of sp³-hybridized carbons (Fsp3) is 0.310. The van der Waals surface area contributed by atoms with Crippen LogP contribution in [0.2, 0.25) is 0 Å². The van der Waals surface area contributed by atoms with Gasteiger partial charge in [-0.05, 0) is 76.8 Å². The summed E-state index contributed by atoms with van der Waals surface area (Å²) in [5.74, 6) is -7.14. The first-order valence-corrected chi connectivity index (χ1v) is 26.0. The average molecular weight is 1090 g/mol. The quantitative estimate of drug-likeness (QED) is 0.0574. The number of amides is 6. The maximum absolute atomic E-state index is 15.5. The summed E-state index contributed by atoms with van der Waals surface area (Å²) in [7, 11) is 0. The first-order chi connectivity index (χ1) is 38.4. The maximum atomic E-state index is 15.5. The van der Waals surface area contributed by atoms with Crippen molar-refractivity contribution in [2.24, 2.45) is 0 Å². The SMILES string of the molecule is CC[C@@]1(O)C(=O)OCc2c1cc1n(c2=O)Cc2c-1nc1cc(F)c(C)c3c1c2[C@@H](NC(=O)CNC(=O)[C@H](Cc1ccccc1)NC(=O)CNC(=O)CNC(=O)[C@@H](CC(=O)O)NC(=O)OCC1c2ccccc2-c2ccccc21)CC3. The summed E-state index contributed by atoms with van der Waals surface area (Å²) in [5.41, 5.74) is 5.35. The van der Waals surface area contributed by atoms with Crippen LogP contribution in [0.1, 0.15) is 88.2 Å². The maximum Gasteiger partial charge on any atom is 0.407 e. The molecule has 6 amide bonds. The van der Waals surface area contributed by atoms with Gasteiger partial charge < -0.3 is 56.2 Å². The molecule has 0 radical (unpaired) electrons. The Hall–Kier alpha value is -9.31. The number of aliphatic hydroxyl groups is 1. The van der Waals surface area contributed by atoms with Crippen LogP contribution in [-0.2, 0) is 74.6 Å². The molecule has 0 saturated carbocycles. The second kappa shape index (κ2) is 22.2. The van der Waals surface area contributed by atoms with E-state index in [0.717, 1.165) is 22.3 Å². The molecule has 0 fully saturated rings. The molecule has 4 heterocycles. The van der Waals surface area contributed by atoms with Gasteiger partial charge >= 0.3 is 18.0 Å². The normalized spacial score (nSPS) is 17.0. The van der Waals surface area contributed by atoms with Gasteiger partial charge in [0.05, 0.1) is 61.1 Å². The van der Waals surface area contributed by atoms with Crippen LogP contribution < -0.4 is 37.5 Å². The van der Waals surface area contributed by atoms with Crippen molar-refractivity contribution in [3.05, 3.63) is 157 Å². The van der Waals surface area contributed by atoms with E-state index in [4.69, 9.17) is 14.5 Å². The molecular formula is C58H55FN8O13. The van der Waals surface area contributed by atoms with E-state index in [0.29, 0.717) is 57.4 Å². The Morgan fingerprint density at radius 1 is 0.812 bits per heavy atom. The second-order valence-corrected chi connectivity index (χ2v) is 20.1. The number of halogens is 1. The van der Waals surface area contributed by atoms with Crippen molar-refractivity contribution in [1.29, 1.82) is 0 Å². The number of alkyl carbamates (subject to hydrolysis) is 1. The molecule has 0 bridgehead atoms. The van der Waals surface area contributed by atoms with E-state index in [9.17, 15) is 53.4 Å². The Labute approximate surface area is 455 Å². The van der Waals surface area contributed by atoms with E-state index >= 15 is 4.39 Å². The number of nitrogens with zero attached hydrogens (tertiary/aromatic N) is 2. The minimum absolute atomic E-state index is 0.0128. The number of esters is 1. The predicted octanol–water partition coefficient (Wildman–Crippen LogP) is 3.09. The standard InChI is InChI=1S/C58H55FN8O13/c1-3-58(78)39-20-45-52-36(26-67(45)55(75)38(39)28-79-56(58)76)51-41(18-17-31-29(2)40(59)21-42(65-52)50(31)51)63-48(70)25-62-53(73)43(19-30-11-5-4-6-12-30)64-47(69)24-60-46(68)23-61-54(74)44(22-49(71)72)66-57(77)80-27-37-34-15-9-7-13-32(34)33-14-8-10-16-35(33)37/h4-16,20-21,37,41,43-44,78H,3,17-19,22-28H2,1-2H3,(H,60,68)(H,61,74)(H,62,73)(H,63,70)(H,64,69)(H,66,77)(H,71,72)/t41-,43-,44+,58-/m0/s1. The number of carbonyl (C=O) groups excluding carboxylic acids is 7. The Kier molecular flexibility index (Phi) is 15.0. The Balaban J connectivity index is 0.761. The van der Waals surface area contributed by atoms with Gasteiger partial charge in [-0.25, -0.2) is 19.0 Å². The van der Waals surface area contributed by atoms with E-state index in [1.54, 1.807) is 50.2 Å². The number of cyclic esters (lactones) is 1. The number of fused-ring (bicyclic) bond motifs is 8. The van der Waals surface area contributed by atoms with Gasteiger partial charge in [-0.2, -0.15) is 0 Å². The topological polar surface area (TPSA) is 303 Å². The highest BCUT2D eigenvalue weighted by Crippen LogP contribution is 2.47. The minimum Gasteiger partial charge on any atom is -0.481 e. The highest BCUT2D eigenvalue weighted by Gasteiger charge is 2.46. The summed E-state index contributed by atoms with van der Waals surface area (Å²) in [6.45, 7) is 0.889. The molecule has 4 aliphatic rings. The molecule has 2 aromatic heterocycles. The van der Waals surface area contributed by atoms with Crippen LogP contribution in [0.4, 0.5) is 9.18 Å². The molecule has 21 nitrogen and oxygen atoms in total. The molecule has 0 spiro atoms. The van der Waals surface area contributed by atoms with Crippen LogP contribution in [0.3, 0.4) is 0 Å². The highest BCUT2D eigenvalue weighted by atomic mass is 19.1. The lowest BCUT2D eigenvalue weighted by molar-refractivity contribution is -0.172. The molecule has 2 aliphatic carbocycles. The van der Waals surface area contributed by atoms with Crippen molar-refractivity contribution >= 4 is 58.5 Å². The Bertz CT molecular complexity index is 3600. The zero-order chi connectivity index (χ0) is 56.6. The zero-order valence-corrected chi connectivity index (χ0v) is 43.4. The molecule has 0 saturated heterocycles. The highest BCUT2D eigenvalue weighted by molar-refractivity contribution is 5.96. The van der Waals surface area contributed by atoms with Gasteiger partial charge in [-0.1, -0.05) is 85.8 Å². The van der Waals surface area contributed by atoms with Crippen LogP contribution >= 0.6 is 0 Å². The van der Waals surface area contributed by atoms with Gasteiger partial charge in [-0.3, -0.25) is 33.6 Å². The van der Waals surface area contributed by atoms with Gasteiger partial charge in [0.1, 0.15) is 31.1 Å². The lowest BCUT2D eigenvalue weighted by atomic mass is 9.81. The van der Waals surface area contributed by atoms with E-state index in [2.05, 4.69) is 31.9 Å². The smallest absolute Gasteiger partial charge is 0.407 e. The van der Waals surface area contributed by atoms with Crippen molar-refractivity contribution in [3.8, 4) is 22.5 Å². The number of benzene rings is 4. The number of hydrogen-bond acceptors (Lipinski definition) is 13. The molecule has 10 rings (SSSR count). The molecule has 4 atom stereocenters. The number of pyridine rings is 2. The largest absolute Gasteiger partial charge is 0.481 e. The van der Waals surface area contributed by atoms with E-state index in [-0.39, 0.29) is 55.2 Å². The van der Waals surface area contributed by atoms with Crippen molar-refractivity contribution in [3.63, 3.8) is 0 Å². The molecule has 4 aromatic carbocycles. The minimum atomic E-state index is -2.08. The van der Waals surface area contributed by atoms with Gasteiger partial charge in [-0.15, -0.1) is 0 Å². The summed E-state index contributed by atoms with van der Waals surface area (Å²) in [6.07, 6.45) is -1.32. The third-order valence-electron chi connectivity index (χ3n) is 15.3. The van der Waals surface area contributed by atoms with E-state index < -0.39 is 109 Å². The Morgan fingerprint density at radius 3 is 2.15 bits per heavy atom. The lowest BCUT2D eigenvalue weighted by Crippen LogP contribution is -2.53. The first-order valence-electron chi connectivity index (χ1n) is 26.0. The number of aliphatic carboxylic acids is 1. The van der Waals surface area contributed by atoms with Gasteiger partial charge in [0.25, 0.3) is 5.56 Å². The van der Waals surface area contributed by atoms with E-state index in [1.807, 2.05) is 48.5 Å². The van der Waals surface area contributed by atoms with Crippen LogP contribution in [0.5, 0.6) is 0 Å². The number of carboxylic acids is 1. The number of ether oxygens (including phenoxy) is 2. The molecule has 412 valence electrons. The summed E-state index contributed by atoms with van der Waals surface area (Å²) >= 11 is 0. The molecular weight excluding hydrogens is 1040 g/mol. The molecule has 6 aromatic rings. The molecule has 0 unspecified atom stereocenters. The van der Waals surface area contributed by atoms with Gasteiger partial charge in [0, 0.05) is 34.9 Å². The number of rotatable bonds is 18. The summed E-state index contributed by atoms with van der Waals surface area (Å²) in [6, 6.07) is 23.2. The summed E-state index contributed by atoms with van der Waals surface area (Å²) < 4.78 is 27.7. The molecule has 2 aliphatic heterocycles. The molecule has 22 heteroatoms. The van der Waals surface area contributed by atoms with Crippen molar-refractivity contribution < 1.29 is 62.4 Å². The van der Waals surface area contributed by atoms with Crippen LogP contribution in [0, 0.1) is 12.7 Å².